The van der Waals surface area contributed by atoms with Crippen molar-refractivity contribution in [3.63, 3.8) is 0 Å². The largest absolute Gasteiger partial charge is 0.466 e. The summed E-state index contributed by atoms with van der Waals surface area (Å²) in [5, 5.41) is 0. The van der Waals surface area contributed by atoms with Crippen LogP contribution in [0.25, 0.3) is 11.4 Å². The highest BCUT2D eigenvalue weighted by Gasteiger charge is 2.15. The summed E-state index contributed by atoms with van der Waals surface area (Å²) in [7, 11) is 0. The lowest BCUT2D eigenvalue weighted by Gasteiger charge is -2.03. The lowest BCUT2D eigenvalue weighted by atomic mass is 10.2. The summed E-state index contributed by atoms with van der Waals surface area (Å²) in [4.78, 5) is 31.5. The molecule has 1 heterocycles. The van der Waals surface area contributed by atoms with Crippen molar-refractivity contribution in [2.24, 2.45) is 0 Å². The Hall–Kier alpha value is -2.56. The van der Waals surface area contributed by atoms with Crippen LogP contribution in [0.5, 0.6) is 0 Å². The number of carbonyl (C=O) groups excluding carboxylic acids is 2. The van der Waals surface area contributed by atoms with Crippen LogP contribution in [0.1, 0.15) is 23.8 Å². The standard InChI is InChI=1S/C15H14N2O3/c1-2-20-14(19)10-13(18)12-8-9-16-15(17-12)11-6-4-3-5-7-11/h3-9H,2,10H2,1H3. The van der Waals surface area contributed by atoms with E-state index in [1.54, 1.807) is 6.92 Å². The Labute approximate surface area is 116 Å². The van der Waals surface area contributed by atoms with E-state index in [1.165, 1.54) is 12.3 Å². The Morgan fingerprint density at radius 1 is 1.15 bits per heavy atom. The maximum atomic E-state index is 11.9. The summed E-state index contributed by atoms with van der Waals surface area (Å²) in [5.74, 6) is -0.458. The number of esters is 1. The summed E-state index contributed by atoms with van der Waals surface area (Å²) in [6, 6.07) is 10.8. The third-order valence-electron chi connectivity index (χ3n) is 2.58. The molecule has 102 valence electrons. The number of rotatable bonds is 5. The van der Waals surface area contributed by atoms with Crippen LogP contribution < -0.4 is 0 Å². The Balaban J connectivity index is 2.18. The van der Waals surface area contributed by atoms with Gasteiger partial charge < -0.3 is 4.74 Å². The number of ketones is 1. The van der Waals surface area contributed by atoms with Gasteiger partial charge in [0.05, 0.1) is 6.61 Å². The van der Waals surface area contributed by atoms with E-state index in [1.807, 2.05) is 30.3 Å². The molecule has 20 heavy (non-hydrogen) atoms. The zero-order chi connectivity index (χ0) is 14.4. The van der Waals surface area contributed by atoms with Crippen LogP contribution in [0.2, 0.25) is 0 Å². The van der Waals surface area contributed by atoms with Crippen LogP contribution in [-0.2, 0) is 9.53 Å². The van der Waals surface area contributed by atoms with Crippen molar-refractivity contribution in [2.45, 2.75) is 13.3 Å². The zero-order valence-corrected chi connectivity index (χ0v) is 11.1. The number of hydrogen-bond donors (Lipinski definition) is 0. The Morgan fingerprint density at radius 2 is 1.90 bits per heavy atom. The van der Waals surface area contributed by atoms with Crippen LogP contribution >= 0.6 is 0 Å². The zero-order valence-electron chi connectivity index (χ0n) is 11.1. The molecule has 5 nitrogen and oxygen atoms in total. The predicted molar refractivity (Wildman–Crippen MR) is 73.0 cm³/mol. The molecule has 0 aliphatic rings. The van der Waals surface area contributed by atoms with E-state index in [2.05, 4.69) is 9.97 Å². The predicted octanol–water partition coefficient (Wildman–Crippen LogP) is 2.28. The average Bonchev–Trinajstić information content (AvgIpc) is 2.48. The van der Waals surface area contributed by atoms with Gasteiger partial charge in [0, 0.05) is 11.8 Å². The van der Waals surface area contributed by atoms with Crippen molar-refractivity contribution in [1.82, 2.24) is 9.97 Å². The first-order valence-corrected chi connectivity index (χ1v) is 6.28. The summed E-state index contributed by atoms with van der Waals surface area (Å²) in [6.45, 7) is 1.95. The van der Waals surface area contributed by atoms with Gasteiger partial charge in [0.1, 0.15) is 12.1 Å². The van der Waals surface area contributed by atoms with Gasteiger partial charge in [-0.2, -0.15) is 0 Å². The van der Waals surface area contributed by atoms with Crippen LogP contribution in [0.4, 0.5) is 0 Å². The molecule has 2 rings (SSSR count). The topological polar surface area (TPSA) is 69.2 Å². The average molecular weight is 270 g/mol. The molecule has 0 aliphatic heterocycles. The quantitative estimate of drug-likeness (QED) is 0.473. The monoisotopic (exact) mass is 270 g/mol. The smallest absolute Gasteiger partial charge is 0.313 e. The molecule has 0 radical (unpaired) electrons. The summed E-state index contributed by atoms with van der Waals surface area (Å²) in [6.07, 6.45) is 1.20. The molecule has 1 aromatic carbocycles. The van der Waals surface area contributed by atoms with Crippen molar-refractivity contribution in [1.29, 1.82) is 0 Å². The van der Waals surface area contributed by atoms with E-state index in [-0.39, 0.29) is 24.5 Å². The first kappa shape index (κ1) is 13.9. The molecular weight excluding hydrogens is 256 g/mol. The molecule has 0 N–H and O–H groups in total. The van der Waals surface area contributed by atoms with Gasteiger partial charge >= 0.3 is 5.97 Å². The first-order chi connectivity index (χ1) is 9.70. The molecule has 0 fully saturated rings. The van der Waals surface area contributed by atoms with Crippen molar-refractivity contribution in [2.75, 3.05) is 6.61 Å². The molecular formula is C15H14N2O3. The fourth-order valence-corrected chi connectivity index (χ4v) is 1.67. The number of hydrogen-bond acceptors (Lipinski definition) is 5. The van der Waals surface area contributed by atoms with E-state index >= 15 is 0 Å². The summed E-state index contributed by atoms with van der Waals surface area (Å²) >= 11 is 0. The van der Waals surface area contributed by atoms with E-state index in [4.69, 9.17) is 4.74 Å². The number of benzene rings is 1. The van der Waals surface area contributed by atoms with Crippen LogP contribution in [-0.4, -0.2) is 28.3 Å². The minimum Gasteiger partial charge on any atom is -0.466 e. The van der Waals surface area contributed by atoms with Gasteiger partial charge in [-0.1, -0.05) is 30.3 Å². The van der Waals surface area contributed by atoms with Gasteiger partial charge in [0.25, 0.3) is 0 Å². The molecule has 5 heteroatoms. The lowest BCUT2D eigenvalue weighted by molar-refractivity contribution is -0.141. The number of Topliss-reactive ketones (excluding diaryl/α,β-unsaturated/α-hetero) is 1. The van der Waals surface area contributed by atoms with Crippen molar-refractivity contribution in [3.8, 4) is 11.4 Å². The van der Waals surface area contributed by atoms with Gasteiger partial charge in [-0.25, -0.2) is 9.97 Å². The molecule has 1 aromatic heterocycles. The van der Waals surface area contributed by atoms with Crippen molar-refractivity contribution >= 4 is 11.8 Å². The van der Waals surface area contributed by atoms with Crippen LogP contribution in [0.15, 0.2) is 42.6 Å². The van der Waals surface area contributed by atoms with Gasteiger partial charge in [-0.15, -0.1) is 0 Å². The number of aromatic nitrogens is 2. The molecule has 0 amide bonds. The SMILES string of the molecule is CCOC(=O)CC(=O)c1ccnc(-c2ccccc2)n1. The highest BCUT2D eigenvalue weighted by atomic mass is 16.5. The van der Waals surface area contributed by atoms with Gasteiger partial charge in [0.15, 0.2) is 11.6 Å². The lowest BCUT2D eigenvalue weighted by Crippen LogP contribution is -2.13. The Morgan fingerprint density at radius 3 is 2.60 bits per heavy atom. The van der Waals surface area contributed by atoms with Gasteiger partial charge in [0.2, 0.25) is 0 Å². The minimum atomic E-state index is -0.544. The molecule has 0 saturated heterocycles. The second-order valence-electron chi connectivity index (χ2n) is 4.04. The highest BCUT2D eigenvalue weighted by Crippen LogP contribution is 2.14. The molecule has 0 spiro atoms. The molecule has 0 unspecified atom stereocenters. The van der Waals surface area contributed by atoms with E-state index in [9.17, 15) is 9.59 Å². The Bertz CT molecular complexity index is 612. The Kier molecular flexibility index (Phi) is 4.55. The maximum absolute atomic E-state index is 11.9. The minimum absolute atomic E-state index is 0.215. The molecule has 0 aliphatic carbocycles. The molecule has 0 saturated carbocycles. The normalized spacial score (nSPS) is 10.1. The second kappa shape index (κ2) is 6.56. The summed E-state index contributed by atoms with van der Waals surface area (Å²) in [5.41, 5.74) is 1.03. The third kappa shape index (κ3) is 3.47. The summed E-state index contributed by atoms with van der Waals surface area (Å²) < 4.78 is 4.75. The van der Waals surface area contributed by atoms with Crippen LogP contribution in [0.3, 0.4) is 0 Å². The number of nitrogens with zero attached hydrogens (tertiary/aromatic N) is 2. The fourth-order valence-electron chi connectivity index (χ4n) is 1.67. The van der Waals surface area contributed by atoms with Gasteiger partial charge in [-0.3, -0.25) is 9.59 Å². The van der Waals surface area contributed by atoms with E-state index in [0.29, 0.717) is 5.82 Å². The van der Waals surface area contributed by atoms with Crippen LogP contribution in [0, 0.1) is 0 Å². The van der Waals surface area contributed by atoms with E-state index < -0.39 is 5.97 Å². The van der Waals surface area contributed by atoms with E-state index in [0.717, 1.165) is 5.56 Å². The second-order valence-corrected chi connectivity index (χ2v) is 4.04. The molecule has 2 aromatic rings. The third-order valence-corrected chi connectivity index (χ3v) is 2.58. The number of ether oxygens (including phenoxy) is 1. The fraction of sp³-hybridized carbons (Fsp3) is 0.200. The molecule has 0 atom stereocenters. The van der Waals surface area contributed by atoms with Crippen molar-refractivity contribution in [3.05, 3.63) is 48.3 Å². The maximum Gasteiger partial charge on any atom is 0.313 e. The van der Waals surface area contributed by atoms with Gasteiger partial charge in [-0.05, 0) is 13.0 Å². The number of carbonyl (C=O) groups is 2. The van der Waals surface area contributed by atoms with Crippen molar-refractivity contribution < 1.29 is 14.3 Å². The molecule has 0 bridgehead atoms. The highest BCUT2D eigenvalue weighted by molar-refractivity contribution is 6.04. The first-order valence-electron chi connectivity index (χ1n) is 6.28.